The van der Waals surface area contributed by atoms with Crippen LogP contribution in [0, 0.1) is 5.82 Å². The van der Waals surface area contributed by atoms with E-state index in [4.69, 9.17) is 5.14 Å². The molecule has 1 aliphatic heterocycles. The molecule has 24 heavy (non-hydrogen) atoms. The molecule has 1 saturated heterocycles. The molecule has 6 nitrogen and oxygen atoms in total. The molecule has 1 fully saturated rings. The largest absolute Gasteiger partial charge is 0.369 e. The first kappa shape index (κ1) is 16.8. The van der Waals surface area contributed by atoms with Gasteiger partial charge in [0, 0.05) is 44.6 Å². The van der Waals surface area contributed by atoms with Crippen LogP contribution in [0.5, 0.6) is 0 Å². The van der Waals surface area contributed by atoms with Gasteiger partial charge in [0.15, 0.2) is 0 Å². The predicted molar refractivity (Wildman–Crippen MR) is 89.5 cm³/mol. The van der Waals surface area contributed by atoms with Crippen LogP contribution < -0.4 is 10.0 Å². The van der Waals surface area contributed by atoms with Gasteiger partial charge in [-0.2, -0.15) is 0 Å². The quantitative estimate of drug-likeness (QED) is 0.896. The SMILES string of the molecule is NS(=O)(=O)c1ccc(N2CCN(Cc3cncc(F)c3)CC2)cc1. The van der Waals surface area contributed by atoms with Crippen LogP contribution in [0.25, 0.3) is 0 Å². The minimum atomic E-state index is -3.66. The highest BCUT2D eigenvalue weighted by atomic mass is 32.2. The van der Waals surface area contributed by atoms with Crippen molar-refractivity contribution in [1.29, 1.82) is 0 Å². The number of pyridine rings is 1. The van der Waals surface area contributed by atoms with Gasteiger partial charge >= 0.3 is 0 Å². The van der Waals surface area contributed by atoms with Crippen molar-refractivity contribution >= 4 is 15.7 Å². The van der Waals surface area contributed by atoms with Gasteiger partial charge in [0.25, 0.3) is 0 Å². The van der Waals surface area contributed by atoms with Crippen molar-refractivity contribution < 1.29 is 12.8 Å². The zero-order valence-electron chi connectivity index (χ0n) is 13.1. The van der Waals surface area contributed by atoms with Crippen molar-refractivity contribution in [1.82, 2.24) is 9.88 Å². The van der Waals surface area contributed by atoms with Crippen molar-refractivity contribution in [3.8, 4) is 0 Å². The first-order valence-corrected chi connectivity index (χ1v) is 9.16. The molecule has 128 valence electrons. The van der Waals surface area contributed by atoms with Crippen LogP contribution in [0.4, 0.5) is 10.1 Å². The van der Waals surface area contributed by atoms with Gasteiger partial charge in [-0.25, -0.2) is 17.9 Å². The minimum absolute atomic E-state index is 0.114. The number of nitrogens with two attached hydrogens (primary N) is 1. The van der Waals surface area contributed by atoms with E-state index in [9.17, 15) is 12.8 Å². The summed E-state index contributed by atoms with van der Waals surface area (Å²) in [5.41, 5.74) is 1.83. The van der Waals surface area contributed by atoms with Crippen LogP contribution in [0.3, 0.4) is 0 Å². The van der Waals surface area contributed by atoms with Gasteiger partial charge in [-0.15, -0.1) is 0 Å². The van der Waals surface area contributed by atoms with E-state index in [0.29, 0.717) is 6.54 Å². The second-order valence-electron chi connectivity index (χ2n) is 5.81. The number of anilines is 1. The first-order valence-electron chi connectivity index (χ1n) is 7.61. The van der Waals surface area contributed by atoms with E-state index in [1.807, 2.05) is 0 Å². The molecular weight excluding hydrogens is 331 g/mol. The molecule has 1 aliphatic rings. The lowest BCUT2D eigenvalue weighted by atomic mass is 10.2. The molecule has 1 aromatic heterocycles. The third-order valence-corrected chi connectivity index (χ3v) is 5.00. The highest BCUT2D eigenvalue weighted by Crippen LogP contribution is 2.19. The van der Waals surface area contributed by atoms with Gasteiger partial charge in [0.05, 0.1) is 11.1 Å². The molecule has 0 amide bonds. The number of primary sulfonamides is 1. The molecule has 2 heterocycles. The van der Waals surface area contributed by atoms with Crippen LogP contribution in [0.2, 0.25) is 0 Å². The fraction of sp³-hybridized carbons (Fsp3) is 0.312. The molecule has 0 bridgehead atoms. The lowest BCUT2D eigenvalue weighted by molar-refractivity contribution is 0.249. The Kier molecular flexibility index (Phi) is 4.79. The third kappa shape index (κ3) is 4.08. The third-order valence-electron chi connectivity index (χ3n) is 4.07. The average Bonchev–Trinajstić information content (AvgIpc) is 2.55. The number of benzene rings is 1. The molecule has 0 unspecified atom stereocenters. The fourth-order valence-corrected chi connectivity index (χ4v) is 3.33. The van der Waals surface area contributed by atoms with Crippen molar-refractivity contribution in [2.45, 2.75) is 11.4 Å². The lowest BCUT2D eigenvalue weighted by Crippen LogP contribution is -2.46. The summed E-state index contributed by atoms with van der Waals surface area (Å²) in [5.74, 6) is -0.318. The Labute approximate surface area is 140 Å². The fourth-order valence-electron chi connectivity index (χ4n) is 2.81. The summed E-state index contributed by atoms with van der Waals surface area (Å²) in [6, 6.07) is 8.09. The lowest BCUT2D eigenvalue weighted by Gasteiger charge is -2.36. The standard InChI is InChI=1S/C16H19FN4O2S/c17-14-9-13(10-19-11-14)12-20-5-7-21(8-6-20)15-1-3-16(4-2-15)24(18,22)23/h1-4,9-11H,5-8,12H2,(H2,18,22,23). The molecule has 8 heteroatoms. The van der Waals surface area contributed by atoms with Gasteiger partial charge in [0.2, 0.25) is 10.0 Å². The molecule has 0 spiro atoms. The maximum Gasteiger partial charge on any atom is 0.238 e. The first-order chi connectivity index (χ1) is 11.4. The maximum absolute atomic E-state index is 13.2. The number of piperazine rings is 1. The summed E-state index contributed by atoms with van der Waals surface area (Å²) in [4.78, 5) is 8.41. The van der Waals surface area contributed by atoms with E-state index in [-0.39, 0.29) is 10.7 Å². The number of hydrogen-bond donors (Lipinski definition) is 1. The second-order valence-corrected chi connectivity index (χ2v) is 7.37. The highest BCUT2D eigenvalue weighted by molar-refractivity contribution is 7.89. The van der Waals surface area contributed by atoms with Crippen LogP contribution in [0.1, 0.15) is 5.56 Å². The summed E-state index contributed by atoms with van der Waals surface area (Å²) in [7, 11) is -3.66. The summed E-state index contributed by atoms with van der Waals surface area (Å²) in [5, 5.41) is 5.11. The van der Waals surface area contributed by atoms with E-state index in [2.05, 4.69) is 14.8 Å². The number of halogens is 1. The molecule has 1 aromatic carbocycles. The van der Waals surface area contributed by atoms with Gasteiger partial charge in [-0.05, 0) is 35.9 Å². The Morgan fingerprint density at radius 1 is 1.08 bits per heavy atom. The number of hydrogen-bond acceptors (Lipinski definition) is 5. The summed E-state index contributed by atoms with van der Waals surface area (Å²) in [6.07, 6.45) is 2.88. The van der Waals surface area contributed by atoms with Crippen molar-refractivity contribution in [3.63, 3.8) is 0 Å². The maximum atomic E-state index is 13.2. The molecule has 0 saturated carbocycles. The normalized spacial score (nSPS) is 16.3. The van der Waals surface area contributed by atoms with Crippen molar-refractivity contribution in [2.75, 3.05) is 31.1 Å². The highest BCUT2D eigenvalue weighted by Gasteiger charge is 2.18. The van der Waals surface area contributed by atoms with Crippen LogP contribution in [-0.4, -0.2) is 44.5 Å². The molecule has 0 radical (unpaired) electrons. The van der Waals surface area contributed by atoms with Crippen LogP contribution in [-0.2, 0) is 16.6 Å². The molecule has 3 rings (SSSR count). The molecule has 2 N–H and O–H groups in total. The smallest absolute Gasteiger partial charge is 0.238 e. The van der Waals surface area contributed by atoms with Crippen LogP contribution in [0.15, 0.2) is 47.6 Å². The van der Waals surface area contributed by atoms with Gasteiger partial charge in [-0.3, -0.25) is 9.88 Å². The minimum Gasteiger partial charge on any atom is -0.369 e. The Bertz CT molecular complexity index is 803. The predicted octanol–water partition coefficient (Wildman–Crippen LogP) is 1.19. The monoisotopic (exact) mass is 350 g/mol. The van der Waals surface area contributed by atoms with Gasteiger partial charge in [0.1, 0.15) is 5.82 Å². The Morgan fingerprint density at radius 3 is 2.33 bits per heavy atom. The van der Waals surface area contributed by atoms with E-state index in [1.54, 1.807) is 18.3 Å². The van der Waals surface area contributed by atoms with Gasteiger partial charge < -0.3 is 4.90 Å². The zero-order valence-corrected chi connectivity index (χ0v) is 13.9. The average molecular weight is 350 g/mol. The Morgan fingerprint density at radius 2 is 1.75 bits per heavy atom. The Balaban J connectivity index is 1.59. The van der Waals surface area contributed by atoms with E-state index in [0.717, 1.165) is 37.4 Å². The summed E-state index contributed by atoms with van der Waals surface area (Å²) in [6.45, 7) is 3.98. The van der Waals surface area contributed by atoms with E-state index >= 15 is 0 Å². The number of sulfonamides is 1. The summed E-state index contributed by atoms with van der Waals surface area (Å²) < 4.78 is 35.8. The number of nitrogens with zero attached hydrogens (tertiary/aromatic N) is 3. The number of rotatable bonds is 4. The molecule has 0 atom stereocenters. The topological polar surface area (TPSA) is 79.5 Å². The molecule has 0 aliphatic carbocycles. The summed E-state index contributed by atoms with van der Waals surface area (Å²) >= 11 is 0. The zero-order chi connectivity index (χ0) is 17.2. The van der Waals surface area contributed by atoms with Crippen molar-refractivity contribution in [2.24, 2.45) is 5.14 Å². The van der Waals surface area contributed by atoms with Crippen molar-refractivity contribution in [3.05, 3.63) is 54.1 Å². The van der Waals surface area contributed by atoms with Crippen LogP contribution >= 0.6 is 0 Å². The molecular formula is C16H19FN4O2S. The van der Waals surface area contributed by atoms with Gasteiger partial charge in [-0.1, -0.05) is 0 Å². The molecule has 2 aromatic rings. The van der Waals surface area contributed by atoms with E-state index in [1.165, 1.54) is 24.4 Å². The Hall–Kier alpha value is -2.03. The number of aromatic nitrogens is 1. The van der Waals surface area contributed by atoms with E-state index < -0.39 is 10.0 Å². The second kappa shape index (κ2) is 6.84.